The number of sulfonamides is 1. The molecule has 0 fully saturated rings. The van der Waals surface area contributed by atoms with E-state index in [0.29, 0.717) is 17.2 Å². The molecule has 0 radical (unpaired) electrons. The number of nitrogens with one attached hydrogen (secondary N) is 2. The van der Waals surface area contributed by atoms with Crippen molar-refractivity contribution < 1.29 is 22.7 Å². The summed E-state index contributed by atoms with van der Waals surface area (Å²) >= 11 is 12.0. The van der Waals surface area contributed by atoms with Crippen molar-refractivity contribution >= 4 is 50.5 Å². The van der Waals surface area contributed by atoms with Gasteiger partial charge in [-0.3, -0.25) is 9.52 Å². The molecule has 1 atom stereocenters. The van der Waals surface area contributed by atoms with Crippen molar-refractivity contribution in [2.75, 3.05) is 16.6 Å². The molecular weight excluding hydrogens is 463 g/mol. The molecule has 3 aromatic carbocycles. The van der Waals surface area contributed by atoms with Crippen molar-refractivity contribution in [2.24, 2.45) is 0 Å². The van der Waals surface area contributed by atoms with Crippen LogP contribution in [-0.2, 0) is 14.8 Å². The van der Waals surface area contributed by atoms with Crippen LogP contribution in [0.1, 0.15) is 0 Å². The van der Waals surface area contributed by atoms with Gasteiger partial charge < -0.3 is 14.8 Å². The third-order valence-electron chi connectivity index (χ3n) is 4.43. The highest BCUT2D eigenvalue weighted by atomic mass is 35.5. The summed E-state index contributed by atoms with van der Waals surface area (Å²) in [6.45, 7) is 0.0691. The summed E-state index contributed by atoms with van der Waals surface area (Å²) in [5.74, 6) is 0.656. The maximum atomic E-state index is 12.6. The van der Waals surface area contributed by atoms with Gasteiger partial charge in [-0.15, -0.1) is 0 Å². The van der Waals surface area contributed by atoms with Crippen molar-refractivity contribution in [2.45, 2.75) is 11.0 Å². The van der Waals surface area contributed by atoms with E-state index in [-0.39, 0.29) is 27.2 Å². The maximum Gasteiger partial charge on any atom is 0.269 e. The molecule has 1 heterocycles. The number of benzene rings is 3. The van der Waals surface area contributed by atoms with Gasteiger partial charge in [0.25, 0.3) is 15.9 Å². The fourth-order valence-corrected chi connectivity index (χ4v) is 4.35. The summed E-state index contributed by atoms with van der Waals surface area (Å²) in [6, 6.07) is 17.4. The SMILES string of the molecule is O=C(Nc1ccc(S(=O)(=O)Nc2cccc(Cl)c2Cl)cc1)[C@@H]1COc2ccccc2O1. The summed E-state index contributed by atoms with van der Waals surface area (Å²) in [5, 5.41) is 3.03. The maximum absolute atomic E-state index is 12.6. The third kappa shape index (κ3) is 4.71. The predicted molar refractivity (Wildman–Crippen MR) is 119 cm³/mol. The molecule has 0 aliphatic carbocycles. The molecule has 160 valence electrons. The van der Waals surface area contributed by atoms with Crippen LogP contribution in [0.25, 0.3) is 0 Å². The van der Waals surface area contributed by atoms with E-state index in [2.05, 4.69) is 10.0 Å². The molecule has 10 heteroatoms. The first-order valence-electron chi connectivity index (χ1n) is 9.10. The Morgan fingerprint density at radius 1 is 0.935 bits per heavy atom. The van der Waals surface area contributed by atoms with Crippen LogP contribution in [-0.4, -0.2) is 27.0 Å². The van der Waals surface area contributed by atoms with Gasteiger partial charge in [0.2, 0.25) is 6.10 Å². The standard InChI is InChI=1S/C21H16Cl2N2O5S/c22-15-4-3-5-16(20(15)23)25-31(27,28)14-10-8-13(9-11-14)24-21(26)19-12-29-17-6-1-2-7-18(17)30-19/h1-11,19,25H,12H2,(H,24,26)/t19-/m0/s1. The van der Waals surface area contributed by atoms with Gasteiger partial charge in [-0.1, -0.05) is 41.4 Å². The number of rotatable bonds is 5. The van der Waals surface area contributed by atoms with Crippen molar-refractivity contribution in [3.8, 4) is 11.5 Å². The minimum atomic E-state index is -3.90. The molecule has 1 aliphatic heterocycles. The first-order chi connectivity index (χ1) is 14.8. The molecule has 1 amide bonds. The molecule has 0 aromatic heterocycles. The zero-order valence-electron chi connectivity index (χ0n) is 15.8. The molecule has 4 rings (SSSR count). The van der Waals surface area contributed by atoms with Crippen LogP contribution >= 0.6 is 23.2 Å². The monoisotopic (exact) mass is 478 g/mol. The second-order valence-corrected chi connectivity index (χ2v) is 9.05. The van der Waals surface area contributed by atoms with Crippen LogP contribution in [0.5, 0.6) is 11.5 Å². The highest BCUT2D eigenvalue weighted by molar-refractivity contribution is 7.92. The normalized spacial score (nSPS) is 15.2. The van der Waals surface area contributed by atoms with Crippen molar-refractivity contribution in [1.29, 1.82) is 0 Å². The zero-order chi connectivity index (χ0) is 22.0. The lowest BCUT2D eigenvalue weighted by molar-refractivity contribution is -0.125. The fourth-order valence-electron chi connectivity index (χ4n) is 2.88. The second kappa shape index (κ2) is 8.66. The summed E-state index contributed by atoms with van der Waals surface area (Å²) in [5.41, 5.74) is 0.577. The first-order valence-corrected chi connectivity index (χ1v) is 11.3. The molecule has 0 saturated heterocycles. The summed E-state index contributed by atoms with van der Waals surface area (Å²) < 4.78 is 38.9. The van der Waals surface area contributed by atoms with Gasteiger partial charge in [-0.2, -0.15) is 0 Å². The van der Waals surface area contributed by atoms with Gasteiger partial charge >= 0.3 is 0 Å². The number of ether oxygens (including phenoxy) is 2. The smallest absolute Gasteiger partial charge is 0.269 e. The highest BCUT2D eigenvalue weighted by Gasteiger charge is 2.27. The Kier molecular flexibility index (Phi) is 5.95. The summed E-state index contributed by atoms with van der Waals surface area (Å²) in [6.07, 6.45) is -0.829. The Balaban J connectivity index is 1.43. The van der Waals surface area contributed by atoms with Crippen LogP contribution < -0.4 is 19.5 Å². The number of hydrogen-bond donors (Lipinski definition) is 2. The Hall–Kier alpha value is -2.94. The van der Waals surface area contributed by atoms with E-state index in [4.69, 9.17) is 32.7 Å². The highest BCUT2D eigenvalue weighted by Crippen LogP contribution is 2.32. The number of halogens is 2. The van der Waals surface area contributed by atoms with Crippen LogP contribution in [0, 0.1) is 0 Å². The van der Waals surface area contributed by atoms with Crippen molar-refractivity contribution in [3.63, 3.8) is 0 Å². The molecule has 0 unspecified atom stereocenters. The topological polar surface area (TPSA) is 93.7 Å². The summed E-state index contributed by atoms with van der Waals surface area (Å²) in [4.78, 5) is 12.5. The Morgan fingerprint density at radius 2 is 1.65 bits per heavy atom. The number of fused-ring (bicyclic) bond motifs is 1. The largest absolute Gasteiger partial charge is 0.485 e. The van der Waals surface area contributed by atoms with E-state index in [1.807, 2.05) is 6.07 Å². The number of carbonyl (C=O) groups excluding carboxylic acids is 1. The third-order valence-corrected chi connectivity index (χ3v) is 6.63. The number of anilines is 2. The Morgan fingerprint density at radius 3 is 2.39 bits per heavy atom. The number of para-hydroxylation sites is 2. The Labute approximate surface area is 188 Å². The lowest BCUT2D eigenvalue weighted by atomic mass is 10.2. The fraction of sp³-hybridized carbons (Fsp3) is 0.0952. The van der Waals surface area contributed by atoms with Gasteiger partial charge in [0.15, 0.2) is 11.5 Å². The molecule has 2 N–H and O–H groups in total. The van der Waals surface area contributed by atoms with Gasteiger partial charge in [-0.05, 0) is 48.5 Å². The van der Waals surface area contributed by atoms with Crippen LogP contribution in [0.2, 0.25) is 10.0 Å². The predicted octanol–water partition coefficient (Wildman–Crippen LogP) is 4.57. The molecule has 0 bridgehead atoms. The molecule has 0 saturated carbocycles. The van der Waals surface area contributed by atoms with E-state index < -0.39 is 22.0 Å². The van der Waals surface area contributed by atoms with Crippen molar-refractivity contribution in [3.05, 3.63) is 76.8 Å². The van der Waals surface area contributed by atoms with Gasteiger partial charge in [-0.25, -0.2) is 8.42 Å². The van der Waals surface area contributed by atoms with E-state index in [9.17, 15) is 13.2 Å². The summed E-state index contributed by atoms with van der Waals surface area (Å²) in [7, 11) is -3.90. The average molecular weight is 479 g/mol. The lowest BCUT2D eigenvalue weighted by Gasteiger charge is -2.25. The minimum Gasteiger partial charge on any atom is -0.485 e. The van der Waals surface area contributed by atoms with Gasteiger partial charge in [0, 0.05) is 5.69 Å². The van der Waals surface area contributed by atoms with Crippen LogP contribution in [0.4, 0.5) is 11.4 Å². The van der Waals surface area contributed by atoms with Crippen LogP contribution in [0.3, 0.4) is 0 Å². The molecule has 0 spiro atoms. The second-order valence-electron chi connectivity index (χ2n) is 6.58. The first kappa shape index (κ1) is 21.3. The van der Waals surface area contributed by atoms with Crippen LogP contribution in [0.15, 0.2) is 71.6 Å². The molecule has 1 aliphatic rings. The average Bonchev–Trinajstić information content (AvgIpc) is 2.77. The van der Waals surface area contributed by atoms with Gasteiger partial charge in [0.05, 0.1) is 20.6 Å². The quantitative estimate of drug-likeness (QED) is 0.559. The lowest BCUT2D eigenvalue weighted by Crippen LogP contribution is -2.40. The van der Waals surface area contributed by atoms with E-state index >= 15 is 0 Å². The molecular formula is C21H16Cl2N2O5S. The zero-order valence-corrected chi connectivity index (χ0v) is 18.2. The number of carbonyl (C=O) groups is 1. The minimum absolute atomic E-state index is 0.00674. The van der Waals surface area contributed by atoms with Gasteiger partial charge in [0.1, 0.15) is 6.61 Å². The van der Waals surface area contributed by atoms with Crippen molar-refractivity contribution in [1.82, 2.24) is 0 Å². The van der Waals surface area contributed by atoms with E-state index in [0.717, 1.165) is 0 Å². The molecule has 7 nitrogen and oxygen atoms in total. The Bertz CT molecular complexity index is 1230. The molecule has 3 aromatic rings. The van der Waals surface area contributed by atoms with E-state index in [1.165, 1.54) is 30.3 Å². The number of hydrogen-bond acceptors (Lipinski definition) is 5. The number of amides is 1. The molecule has 31 heavy (non-hydrogen) atoms. The van der Waals surface area contributed by atoms with E-state index in [1.54, 1.807) is 30.3 Å².